The lowest BCUT2D eigenvalue weighted by molar-refractivity contribution is -0.123. The Labute approximate surface area is 212 Å². The van der Waals surface area contributed by atoms with Crippen molar-refractivity contribution in [2.24, 2.45) is 0 Å². The average molecular weight is 502 g/mol. The molecule has 1 amide bonds. The van der Waals surface area contributed by atoms with Crippen LogP contribution in [0.3, 0.4) is 0 Å². The number of hydrogen-bond acceptors (Lipinski definition) is 6. The summed E-state index contributed by atoms with van der Waals surface area (Å²) in [7, 11) is 0. The van der Waals surface area contributed by atoms with Crippen LogP contribution in [-0.4, -0.2) is 37.1 Å². The van der Waals surface area contributed by atoms with E-state index in [9.17, 15) is 19.4 Å². The van der Waals surface area contributed by atoms with E-state index in [0.717, 1.165) is 27.9 Å². The van der Waals surface area contributed by atoms with Crippen LogP contribution in [0.15, 0.2) is 85.5 Å². The molecule has 1 aliphatic heterocycles. The number of hydrogen-bond donors (Lipinski definition) is 2. The topological polar surface area (TPSA) is 86.5 Å². The number of aryl methyl sites for hydroxylation is 1. The molecule has 0 spiro atoms. The fourth-order valence-corrected chi connectivity index (χ4v) is 5.73. The van der Waals surface area contributed by atoms with E-state index in [2.05, 4.69) is 9.97 Å². The van der Waals surface area contributed by atoms with Crippen molar-refractivity contribution in [3.05, 3.63) is 108 Å². The lowest BCUT2D eigenvalue weighted by Crippen LogP contribution is -2.58. The van der Waals surface area contributed by atoms with E-state index in [1.54, 1.807) is 41.6 Å². The van der Waals surface area contributed by atoms with Gasteiger partial charge in [0, 0.05) is 29.4 Å². The highest BCUT2D eigenvalue weighted by Crippen LogP contribution is 2.47. The molecule has 2 N–H and O–H groups in total. The molecule has 0 saturated carbocycles. The maximum Gasteiger partial charge on any atom is 0.243 e. The molecule has 1 aromatic heterocycles. The number of aromatic hydroxyl groups is 1. The molecule has 0 bridgehead atoms. The second-order valence-corrected chi connectivity index (χ2v) is 9.86. The summed E-state index contributed by atoms with van der Waals surface area (Å²) < 4.78 is 13.2. The number of aliphatic hydroxyl groups excluding tert-OH is 1. The van der Waals surface area contributed by atoms with Crippen LogP contribution in [-0.2, 0) is 4.79 Å². The van der Waals surface area contributed by atoms with Crippen molar-refractivity contribution in [1.29, 1.82) is 0 Å². The molecule has 0 aliphatic carbocycles. The summed E-state index contributed by atoms with van der Waals surface area (Å²) in [4.78, 5) is 23.3. The normalized spacial score (nSPS) is 18.1. The Bertz CT molecular complexity index is 1370. The van der Waals surface area contributed by atoms with Gasteiger partial charge in [-0.3, -0.25) is 4.79 Å². The van der Waals surface area contributed by atoms with E-state index < -0.39 is 11.4 Å². The summed E-state index contributed by atoms with van der Waals surface area (Å²) in [6.07, 6.45) is 4.12. The number of phenols is 1. The van der Waals surface area contributed by atoms with Crippen molar-refractivity contribution in [3.63, 3.8) is 0 Å². The van der Waals surface area contributed by atoms with E-state index in [0.29, 0.717) is 5.56 Å². The molecule has 8 heteroatoms. The van der Waals surface area contributed by atoms with Gasteiger partial charge >= 0.3 is 0 Å². The van der Waals surface area contributed by atoms with E-state index in [1.165, 1.54) is 30.2 Å². The molecule has 0 radical (unpaired) electrons. The molecular weight excluding hydrogens is 477 g/mol. The molecule has 36 heavy (non-hydrogen) atoms. The third kappa shape index (κ3) is 4.69. The molecule has 182 valence electrons. The van der Waals surface area contributed by atoms with E-state index in [4.69, 9.17) is 0 Å². The number of carbonyl (C=O) groups excluding carboxylic acids is 1. The zero-order chi connectivity index (χ0) is 25.2. The Kier molecular flexibility index (Phi) is 6.71. The first-order valence-corrected chi connectivity index (χ1v) is 12.5. The molecule has 6 nitrogen and oxygen atoms in total. The smallest absolute Gasteiger partial charge is 0.243 e. The Morgan fingerprint density at radius 3 is 2.36 bits per heavy atom. The van der Waals surface area contributed by atoms with Crippen molar-refractivity contribution >= 4 is 23.4 Å². The van der Waals surface area contributed by atoms with Crippen LogP contribution in [0.5, 0.6) is 5.75 Å². The molecule has 3 atom stereocenters. The highest BCUT2D eigenvalue weighted by Gasteiger charge is 2.49. The van der Waals surface area contributed by atoms with Crippen LogP contribution in [0.1, 0.15) is 28.8 Å². The third-order valence-corrected chi connectivity index (χ3v) is 7.67. The van der Waals surface area contributed by atoms with Gasteiger partial charge in [0.25, 0.3) is 0 Å². The third-order valence-electron chi connectivity index (χ3n) is 6.35. The number of aliphatic hydroxyl groups is 1. The largest absolute Gasteiger partial charge is 0.508 e. The number of anilines is 1. The predicted octanol–water partition coefficient (Wildman–Crippen LogP) is 5.22. The first-order valence-electron chi connectivity index (χ1n) is 11.5. The number of nitrogens with zero attached hydrogens (tertiary/aromatic N) is 3. The van der Waals surface area contributed by atoms with Gasteiger partial charge < -0.3 is 15.1 Å². The number of phenolic OH excluding ortho intramolecular Hbond substituents is 1. The molecule has 3 aromatic carbocycles. The van der Waals surface area contributed by atoms with Crippen LogP contribution < -0.4 is 4.90 Å². The van der Waals surface area contributed by atoms with Crippen molar-refractivity contribution in [2.45, 2.75) is 24.3 Å². The second kappa shape index (κ2) is 10.1. The van der Waals surface area contributed by atoms with E-state index in [1.807, 2.05) is 37.3 Å². The summed E-state index contributed by atoms with van der Waals surface area (Å²) in [6.45, 7) is 1.91. The fourth-order valence-electron chi connectivity index (χ4n) is 4.45. The maximum absolute atomic E-state index is 13.4. The molecule has 2 heterocycles. The number of halogens is 1. The lowest BCUT2D eigenvalue weighted by atomic mass is 9.89. The van der Waals surface area contributed by atoms with Gasteiger partial charge in [0.05, 0.1) is 12.1 Å². The molecule has 1 fully saturated rings. The van der Waals surface area contributed by atoms with E-state index >= 15 is 0 Å². The summed E-state index contributed by atoms with van der Waals surface area (Å²) >= 11 is 1.38. The standard InChI is InChI=1S/C28H24FN3O3S/c1-17-12-23(33)10-11-24(17)26-27(36-15-25(34)19-2-6-21(29)7-3-19)28(35)32(26)22-8-4-18(5-9-22)20-13-30-16-31-14-20/h2-14,16,25-27,33-34H,15H2,1H3/t25-,26-,27-/m1/s1. The molecule has 1 saturated heterocycles. The van der Waals surface area contributed by atoms with Crippen molar-refractivity contribution < 1.29 is 19.4 Å². The summed E-state index contributed by atoms with van der Waals surface area (Å²) in [5, 5.41) is 20.1. The molecular formula is C28H24FN3O3S. The highest BCUT2D eigenvalue weighted by molar-refractivity contribution is 8.00. The molecule has 0 unspecified atom stereocenters. The number of benzene rings is 3. The van der Waals surface area contributed by atoms with Crippen LogP contribution in [0.2, 0.25) is 0 Å². The quantitative estimate of drug-likeness (QED) is 0.338. The van der Waals surface area contributed by atoms with Crippen molar-refractivity contribution in [3.8, 4) is 16.9 Å². The van der Waals surface area contributed by atoms with Gasteiger partial charge in [-0.1, -0.05) is 30.3 Å². The summed E-state index contributed by atoms with van der Waals surface area (Å²) in [5.74, 6) is 0.0340. The highest BCUT2D eigenvalue weighted by atomic mass is 32.2. The predicted molar refractivity (Wildman–Crippen MR) is 138 cm³/mol. The SMILES string of the molecule is Cc1cc(O)ccc1[C@@H]1[C@@H](SC[C@@H](O)c2ccc(F)cc2)C(=O)N1c1ccc(-c2cncnc2)cc1. The van der Waals surface area contributed by atoms with Gasteiger partial charge in [-0.25, -0.2) is 14.4 Å². The van der Waals surface area contributed by atoms with Gasteiger partial charge in [0.15, 0.2) is 0 Å². The second-order valence-electron chi connectivity index (χ2n) is 8.69. The molecule has 5 rings (SSSR count). The minimum absolute atomic E-state index is 0.0559. The Balaban J connectivity index is 1.40. The van der Waals surface area contributed by atoms with Crippen LogP contribution in [0.4, 0.5) is 10.1 Å². The first kappa shape index (κ1) is 24.0. The van der Waals surface area contributed by atoms with Crippen molar-refractivity contribution in [1.82, 2.24) is 9.97 Å². The summed E-state index contributed by atoms with van der Waals surface area (Å²) in [5.41, 5.74) is 4.99. The number of amides is 1. The number of β-lactam (4-membered cyclic amide) rings is 1. The Morgan fingerprint density at radius 1 is 1.00 bits per heavy atom. The van der Waals surface area contributed by atoms with E-state index in [-0.39, 0.29) is 29.3 Å². The number of aromatic nitrogens is 2. The zero-order valence-corrected chi connectivity index (χ0v) is 20.3. The fraction of sp³-hybridized carbons (Fsp3) is 0.179. The number of thioether (sulfide) groups is 1. The Hall–Kier alpha value is -3.75. The number of rotatable bonds is 7. The van der Waals surface area contributed by atoms with Crippen LogP contribution in [0, 0.1) is 12.7 Å². The van der Waals surface area contributed by atoms with Gasteiger partial charge in [-0.2, -0.15) is 0 Å². The first-order chi connectivity index (χ1) is 17.4. The van der Waals surface area contributed by atoms with Crippen LogP contribution >= 0.6 is 11.8 Å². The zero-order valence-electron chi connectivity index (χ0n) is 19.5. The number of carbonyl (C=O) groups is 1. The van der Waals surface area contributed by atoms with Gasteiger partial charge in [-0.05, 0) is 65.6 Å². The summed E-state index contributed by atoms with van der Waals surface area (Å²) in [6, 6.07) is 18.3. The van der Waals surface area contributed by atoms with Gasteiger partial charge in [-0.15, -0.1) is 11.8 Å². The van der Waals surface area contributed by atoms with Crippen LogP contribution in [0.25, 0.3) is 11.1 Å². The maximum atomic E-state index is 13.4. The average Bonchev–Trinajstić information content (AvgIpc) is 2.89. The van der Waals surface area contributed by atoms with Gasteiger partial charge in [0.2, 0.25) is 5.91 Å². The molecule has 1 aliphatic rings. The monoisotopic (exact) mass is 501 g/mol. The lowest BCUT2D eigenvalue weighted by Gasteiger charge is -2.47. The molecule has 4 aromatic rings. The van der Waals surface area contributed by atoms with Gasteiger partial charge in [0.1, 0.15) is 23.1 Å². The minimum Gasteiger partial charge on any atom is -0.508 e. The van der Waals surface area contributed by atoms with Crippen molar-refractivity contribution in [2.75, 3.05) is 10.7 Å². The Morgan fingerprint density at radius 2 is 1.69 bits per heavy atom. The minimum atomic E-state index is -0.827.